The summed E-state index contributed by atoms with van der Waals surface area (Å²) in [5, 5.41) is 4.49. The van der Waals surface area contributed by atoms with Crippen molar-refractivity contribution in [1.29, 1.82) is 0 Å². The number of halogens is 2. The van der Waals surface area contributed by atoms with Crippen LogP contribution < -0.4 is 5.32 Å². The minimum atomic E-state index is 0.128. The number of nitrogens with one attached hydrogen (secondary N) is 1. The molecule has 0 aliphatic carbocycles. The first-order chi connectivity index (χ1) is 7.67. The van der Waals surface area contributed by atoms with Crippen molar-refractivity contribution in [1.82, 2.24) is 5.32 Å². The fourth-order valence-electron chi connectivity index (χ4n) is 1.47. The lowest BCUT2D eigenvalue weighted by atomic mass is 10.1. The molecule has 0 radical (unpaired) electrons. The summed E-state index contributed by atoms with van der Waals surface area (Å²) < 4.78 is 5.52. The maximum absolute atomic E-state index is 5.96. The highest BCUT2D eigenvalue weighted by Gasteiger charge is 2.10. The van der Waals surface area contributed by atoms with Crippen LogP contribution in [0.25, 0.3) is 0 Å². The van der Waals surface area contributed by atoms with Crippen LogP contribution in [0, 0.1) is 0 Å². The van der Waals surface area contributed by atoms with Crippen LogP contribution in [0.5, 0.6) is 0 Å². The minimum Gasteiger partial charge on any atom is -0.379 e. The molecule has 0 aliphatic heterocycles. The SMILES string of the molecule is CCCOCC(NC)c1cc(Cl)cc(Cl)c1. The van der Waals surface area contributed by atoms with Crippen molar-refractivity contribution in [2.75, 3.05) is 20.3 Å². The predicted octanol–water partition coefficient (Wildman–Crippen LogP) is 3.68. The third-order valence-corrected chi connectivity index (χ3v) is 2.71. The van der Waals surface area contributed by atoms with Gasteiger partial charge in [0.25, 0.3) is 0 Å². The lowest BCUT2D eigenvalue weighted by Gasteiger charge is -2.17. The summed E-state index contributed by atoms with van der Waals surface area (Å²) in [4.78, 5) is 0. The van der Waals surface area contributed by atoms with Gasteiger partial charge in [-0.15, -0.1) is 0 Å². The Bertz CT molecular complexity index is 311. The number of hydrogen-bond donors (Lipinski definition) is 1. The molecular formula is C12H17Cl2NO. The van der Waals surface area contributed by atoms with Gasteiger partial charge < -0.3 is 10.1 Å². The third kappa shape index (κ3) is 4.30. The topological polar surface area (TPSA) is 21.3 Å². The van der Waals surface area contributed by atoms with Gasteiger partial charge in [0.05, 0.1) is 12.6 Å². The number of rotatable bonds is 6. The van der Waals surface area contributed by atoms with E-state index in [4.69, 9.17) is 27.9 Å². The standard InChI is InChI=1S/C12H17Cl2NO/c1-3-4-16-8-12(15-2)9-5-10(13)7-11(14)6-9/h5-7,12,15H,3-4,8H2,1-2H3. The first-order valence-corrected chi connectivity index (χ1v) is 6.14. The van der Waals surface area contributed by atoms with Gasteiger partial charge in [0.15, 0.2) is 0 Å². The summed E-state index contributed by atoms with van der Waals surface area (Å²) in [5.41, 5.74) is 1.05. The summed E-state index contributed by atoms with van der Waals surface area (Å²) >= 11 is 11.9. The van der Waals surface area contributed by atoms with Gasteiger partial charge in [-0.2, -0.15) is 0 Å². The lowest BCUT2D eigenvalue weighted by molar-refractivity contribution is 0.114. The molecule has 1 aromatic carbocycles. The molecule has 0 aromatic heterocycles. The van der Waals surface area contributed by atoms with E-state index in [0.717, 1.165) is 18.6 Å². The second-order valence-electron chi connectivity index (χ2n) is 3.62. The van der Waals surface area contributed by atoms with Gasteiger partial charge in [0.2, 0.25) is 0 Å². The Balaban J connectivity index is 2.70. The van der Waals surface area contributed by atoms with Crippen molar-refractivity contribution in [3.05, 3.63) is 33.8 Å². The smallest absolute Gasteiger partial charge is 0.0661 e. The highest BCUT2D eigenvalue weighted by atomic mass is 35.5. The van der Waals surface area contributed by atoms with Crippen LogP contribution in [-0.2, 0) is 4.74 Å². The molecule has 16 heavy (non-hydrogen) atoms. The molecule has 1 unspecified atom stereocenters. The molecule has 1 N–H and O–H groups in total. The van der Waals surface area contributed by atoms with Crippen LogP contribution in [0.2, 0.25) is 10.0 Å². The zero-order valence-electron chi connectivity index (χ0n) is 9.59. The van der Waals surface area contributed by atoms with Crippen molar-refractivity contribution in [2.45, 2.75) is 19.4 Å². The third-order valence-electron chi connectivity index (χ3n) is 2.27. The van der Waals surface area contributed by atoms with E-state index in [0.29, 0.717) is 16.7 Å². The van der Waals surface area contributed by atoms with Gasteiger partial charge in [-0.1, -0.05) is 30.1 Å². The quantitative estimate of drug-likeness (QED) is 0.789. The summed E-state index contributed by atoms with van der Waals surface area (Å²) in [7, 11) is 1.90. The minimum absolute atomic E-state index is 0.128. The van der Waals surface area contributed by atoms with Crippen LogP contribution in [0.4, 0.5) is 0 Å². The summed E-state index contributed by atoms with van der Waals surface area (Å²) in [6, 6.07) is 5.67. The van der Waals surface area contributed by atoms with Crippen molar-refractivity contribution < 1.29 is 4.74 Å². The van der Waals surface area contributed by atoms with Crippen LogP contribution in [0.15, 0.2) is 18.2 Å². The van der Waals surface area contributed by atoms with Gasteiger partial charge in [-0.3, -0.25) is 0 Å². The maximum Gasteiger partial charge on any atom is 0.0661 e. The van der Waals surface area contributed by atoms with E-state index in [-0.39, 0.29) is 6.04 Å². The number of likely N-dealkylation sites (N-methyl/N-ethyl adjacent to an activating group) is 1. The molecule has 1 atom stereocenters. The van der Waals surface area contributed by atoms with Gasteiger partial charge in [-0.05, 0) is 37.2 Å². The molecule has 2 nitrogen and oxygen atoms in total. The first kappa shape index (κ1) is 13.8. The molecule has 1 rings (SSSR count). The lowest BCUT2D eigenvalue weighted by Crippen LogP contribution is -2.22. The molecule has 0 amide bonds. The molecule has 4 heteroatoms. The fraction of sp³-hybridized carbons (Fsp3) is 0.500. The highest BCUT2D eigenvalue weighted by Crippen LogP contribution is 2.23. The Morgan fingerprint density at radius 3 is 2.38 bits per heavy atom. The molecule has 1 aromatic rings. The first-order valence-electron chi connectivity index (χ1n) is 5.38. The Labute approximate surface area is 107 Å². The molecule has 0 fully saturated rings. The molecule has 90 valence electrons. The summed E-state index contributed by atoms with van der Waals surface area (Å²) in [6.07, 6.45) is 1.02. The Morgan fingerprint density at radius 2 is 1.88 bits per heavy atom. The Morgan fingerprint density at radius 1 is 1.25 bits per heavy atom. The highest BCUT2D eigenvalue weighted by molar-refractivity contribution is 6.34. The average molecular weight is 262 g/mol. The largest absolute Gasteiger partial charge is 0.379 e. The van der Waals surface area contributed by atoms with E-state index in [2.05, 4.69) is 12.2 Å². The Kier molecular flexibility index (Phi) is 6.14. The second-order valence-corrected chi connectivity index (χ2v) is 4.49. The van der Waals surface area contributed by atoms with Crippen molar-refractivity contribution >= 4 is 23.2 Å². The zero-order valence-corrected chi connectivity index (χ0v) is 11.1. The van der Waals surface area contributed by atoms with Crippen molar-refractivity contribution in [3.63, 3.8) is 0 Å². The van der Waals surface area contributed by atoms with Crippen LogP contribution >= 0.6 is 23.2 Å². The van der Waals surface area contributed by atoms with E-state index < -0.39 is 0 Å². The van der Waals surface area contributed by atoms with Crippen molar-refractivity contribution in [3.8, 4) is 0 Å². The monoisotopic (exact) mass is 261 g/mol. The number of hydrogen-bond acceptors (Lipinski definition) is 2. The average Bonchev–Trinajstić information content (AvgIpc) is 2.23. The molecule has 0 bridgehead atoms. The molecule has 0 saturated heterocycles. The van der Waals surface area contributed by atoms with Gasteiger partial charge in [0, 0.05) is 16.7 Å². The Hall–Kier alpha value is -0.280. The van der Waals surface area contributed by atoms with E-state index in [9.17, 15) is 0 Å². The molecule has 0 aliphatic rings. The predicted molar refractivity (Wildman–Crippen MR) is 69.4 cm³/mol. The van der Waals surface area contributed by atoms with E-state index in [1.54, 1.807) is 6.07 Å². The van der Waals surface area contributed by atoms with Crippen LogP contribution in [0.3, 0.4) is 0 Å². The van der Waals surface area contributed by atoms with Gasteiger partial charge >= 0.3 is 0 Å². The van der Waals surface area contributed by atoms with Gasteiger partial charge in [-0.25, -0.2) is 0 Å². The second kappa shape index (κ2) is 7.13. The van der Waals surface area contributed by atoms with E-state index in [1.807, 2.05) is 19.2 Å². The normalized spacial score (nSPS) is 12.8. The zero-order chi connectivity index (χ0) is 12.0. The summed E-state index contributed by atoms with van der Waals surface area (Å²) in [5.74, 6) is 0. The van der Waals surface area contributed by atoms with Crippen LogP contribution in [0.1, 0.15) is 24.9 Å². The van der Waals surface area contributed by atoms with E-state index in [1.165, 1.54) is 0 Å². The molecular weight excluding hydrogens is 245 g/mol. The number of ether oxygens (including phenoxy) is 1. The maximum atomic E-state index is 5.96. The van der Waals surface area contributed by atoms with Crippen molar-refractivity contribution in [2.24, 2.45) is 0 Å². The van der Waals surface area contributed by atoms with E-state index >= 15 is 0 Å². The summed E-state index contributed by atoms with van der Waals surface area (Å²) in [6.45, 7) is 3.48. The molecule has 0 spiro atoms. The number of benzene rings is 1. The molecule has 0 heterocycles. The van der Waals surface area contributed by atoms with Gasteiger partial charge in [0.1, 0.15) is 0 Å². The fourth-order valence-corrected chi connectivity index (χ4v) is 2.01. The molecule has 0 saturated carbocycles. The van der Waals surface area contributed by atoms with Crippen LogP contribution in [-0.4, -0.2) is 20.3 Å².